The minimum absolute atomic E-state index is 1.19. The monoisotopic (exact) mass is 161 g/mol. The van der Waals surface area contributed by atoms with E-state index in [0.717, 1.165) is 0 Å². The van der Waals surface area contributed by atoms with Gasteiger partial charge in [0.1, 0.15) is 0 Å². The van der Waals surface area contributed by atoms with Crippen LogP contribution in [0.15, 0.2) is 24.3 Å². The summed E-state index contributed by atoms with van der Waals surface area (Å²) in [6.45, 7) is 4.32. The first-order valence-electron chi connectivity index (χ1n) is 4.70. The highest BCUT2D eigenvalue weighted by atomic mass is 14.0. The third-order valence-electron chi connectivity index (χ3n) is 2.05. The van der Waals surface area contributed by atoms with Crippen molar-refractivity contribution in [2.75, 3.05) is 0 Å². The Bertz CT molecular complexity index is 208. The summed E-state index contributed by atoms with van der Waals surface area (Å²) in [5, 5.41) is 0. The van der Waals surface area contributed by atoms with Gasteiger partial charge in [0.25, 0.3) is 0 Å². The summed E-state index contributed by atoms with van der Waals surface area (Å²) in [7, 11) is 0. The quantitative estimate of drug-likeness (QED) is 0.592. The van der Waals surface area contributed by atoms with Gasteiger partial charge in [0, 0.05) is 0 Å². The molecule has 0 N–H and O–H groups in total. The van der Waals surface area contributed by atoms with Gasteiger partial charge in [0.2, 0.25) is 0 Å². The molecule has 0 aromatic heterocycles. The maximum Gasteiger partial charge on any atom is -0.0276 e. The Labute approximate surface area is 75.6 Å². The molecule has 65 valence electrons. The van der Waals surface area contributed by atoms with E-state index in [9.17, 15) is 0 Å². The summed E-state index contributed by atoms with van der Waals surface area (Å²) in [5.41, 5.74) is 2.79. The minimum atomic E-state index is 1.19. The van der Waals surface area contributed by atoms with Crippen molar-refractivity contribution in [3.05, 3.63) is 41.8 Å². The van der Waals surface area contributed by atoms with Gasteiger partial charge in [-0.25, -0.2) is 0 Å². The second kappa shape index (κ2) is 4.97. The standard InChI is InChI=1S/C12H17/c1-3-4-5-6-12-9-7-11(2)8-10-12/h4,7-10H,3,5-6H2,1-2H3. The van der Waals surface area contributed by atoms with Gasteiger partial charge >= 0.3 is 0 Å². The number of hydrogen-bond donors (Lipinski definition) is 0. The van der Waals surface area contributed by atoms with E-state index in [1.807, 2.05) is 0 Å². The molecule has 0 saturated heterocycles. The van der Waals surface area contributed by atoms with Gasteiger partial charge < -0.3 is 0 Å². The van der Waals surface area contributed by atoms with Crippen LogP contribution in [-0.4, -0.2) is 0 Å². The third kappa shape index (κ3) is 3.08. The second-order valence-corrected chi connectivity index (χ2v) is 3.22. The highest BCUT2D eigenvalue weighted by molar-refractivity contribution is 5.21. The van der Waals surface area contributed by atoms with Gasteiger partial charge in [0.15, 0.2) is 0 Å². The lowest BCUT2D eigenvalue weighted by Gasteiger charge is -2.00. The van der Waals surface area contributed by atoms with E-state index in [-0.39, 0.29) is 0 Å². The average Bonchev–Trinajstić information content (AvgIpc) is 2.09. The van der Waals surface area contributed by atoms with E-state index in [1.54, 1.807) is 0 Å². The first-order chi connectivity index (χ1) is 5.83. The molecule has 12 heavy (non-hydrogen) atoms. The van der Waals surface area contributed by atoms with Crippen LogP contribution in [0.3, 0.4) is 0 Å². The largest absolute Gasteiger partial charge is 0.0651 e. The van der Waals surface area contributed by atoms with Gasteiger partial charge in [-0.2, -0.15) is 0 Å². The van der Waals surface area contributed by atoms with Crippen LogP contribution in [0.4, 0.5) is 0 Å². The molecular weight excluding hydrogens is 144 g/mol. The lowest BCUT2D eigenvalue weighted by atomic mass is 10.1. The molecule has 1 radical (unpaired) electrons. The van der Waals surface area contributed by atoms with Crippen molar-refractivity contribution in [2.24, 2.45) is 0 Å². The zero-order chi connectivity index (χ0) is 8.81. The van der Waals surface area contributed by atoms with Crippen molar-refractivity contribution in [3.63, 3.8) is 0 Å². The molecule has 0 atom stereocenters. The summed E-state index contributed by atoms with van der Waals surface area (Å²) in [6, 6.07) is 8.81. The maximum absolute atomic E-state index is 2.33. The van der Waals surface area contributed by atoms with E-state index < -0.39 is 0 Å². The van der Waals surface area contributed by atoms with Gasteiger partial charge in [-0.3, -0.25) is 0 Å². The van der Waals surface area contributed by atoms with Crippen LogP contribution in [0.2, 0.25) is 0 Å². The fourth-order valence-electron chi connectivity index (χ4n) is 1.23. The maximum atomic E-state index is 2.33. The molecule has 0 unspecified atom stereocenters. The Morgan fingerprint density at radius 1 is 1.17 bits per heavy atom. The van der Waals surface area contributed by atoms with Gasteiger partial charge in [0.05, 0.1) is 0 Å². The zero-order valence-electron chi connectivity index (χ0n) is 8.01. The van der Waals surface area contributed by atoms with Crippen molar-refractivity contribution < 1.29 is 0 Å². The van der Waals surface area contributed by atoms with Crippen molar-refractivity contribution >= 4 is 0 Å². The summed E-state index contributed by atoms with van der Waals surface area (Å²) in [4.78, 5) is 0. The number of rotatable bonds is 4. The summed E-state index contributed by atoms with van der Waals surface area (Å²) < 4.78 is 0. The zero-order valence-corrected chi connectivity index (χ0v) is 8.01. The molecule has 0 heterocycles. The molecule has 0 nitrogen and oxygen atoms in total. The van der Waals surface area contributed by atoms with Gasteiger partial charge in [-0.15, -0.1) is 0 Å². The van der Waals surface area contributed by atoms with Crippen molar-refractivity contribution in [1.82, 2.24) is 0 Å². The molecule has 0 amide bonds. The Morgan fingerprint density at radius 3 is 2.42 bits per heavy atom. The summed E-state index contributed by atoms with van der Waals surface area (Å²) >= 11 is 0. The number of hydrogen-bond acceptors (Lipinski definition) is 0. The lowest BCUT2D eigenvalue weighted by Crippen LogP contribution is -1.85. The lowest BCUT2D eigenvalue weighted by molar-refractivity contribution is 0.878. The van der Waals surface area contributed by atoms with Crippen molar-refractivity contribution in [2.45, 2.75) is 33.1 Å². The molecule has 0 spiro atoms. The van der Waals surface area contributed by atoms with Crippen molar-refractivity contribution in [1.29, 1.82) is 0 Å². The van der Waals surface area contributed by atoms with E-state index >= 15 is 0 Å². The molecule has 0 saturated carbocycles. The Morgan fingerprint density at radius 2 is 1.83 bits per heavy atom. The number of benzene rings is 1. The first-order valence-corrected chi connectivity index (χ1v) is 4.70. The van der Waals surface area contributed by atoms with E-state index in [4.69, 9.17) is 0 Å². The predicted molar refractivity (Wildman–Crippen MR) is 54.1 cm³/mol. The molecule has 1 aromatic carbocycles. The fraction of sp³-hybridized carbons (Fsp3) is 0.417. The van der Waals surface area contributed by atoms with Gasteiger partial charge in [-0.1, -0.05) is 43.2 Å². The topological polar surface area (TPSA) is 0 Å². The number of unbranched alkanes of at least 4 members (excludes halogenated alkanes) is 2. The van der Waals surface area contributed by atoms with Crippen LogP contribution in [-0.2, 0) is 6.42 Å². The third-order valence-corrected chi connectivity index (χ3v) is 2.05. The highest BCUT2D eigenvalue weighted by Crippen LogP contribution is 2.07. The first kappa shape index (κ1) is 9.31. The smallest absolute Gasteiger partial charge is 0.0276 e. The van der Waals surface area contributed by atoms with Crippen LogP contribution in [0.1, 0.15) is 30.9 Å². The molecule has 0 fully saturated rings. The molecule has 0 aliphatic carbocycles. The molecule has 0 aliphatic rings. The fourth-order valence-corrected chi connectivity index (χ4v) is 1.23. The van der Waals surface area contributed by atoms with Gasteiger partial charge in [-0.05, 0) is 31.7 Å². The molecular formula is C12H17. The molecule has 0 heteroatoms. The van der Waals surface area contributed by atoms with E-state index in [2.05, 4.69) is 44.5 Å². The van der Waals surface area contributed by atoms with Crippen LogP contribution < -0.4 is 0 Å². The van der Waals surface area contributed by atoms with Crippen LogP contribution in [0.5, 0.6) is 0 Å². The molecule has 1 rings (SSSR count). The summed E-state index contributed by atoms with van der Waals surface area (Å²) in [6.07, 6.45) is 5.92. The van der Waals surface area contributed by atoms with Crippen LogP contribution >= 0.6 is 0 Å². The molecule has 0 aliphatic heterocycles. The second-order valence-electron chi connectivity index (χ2n) is 3.22. The van der Waals surface area contributed by atoms with Crippen LogP contribution in [0, 0.1) is 13.3 Å². The minimum Gasteiger partial charge on any atom is -0.0651 e. The Balaban J connectivity index is 2.37. The van der Waals surface area contributed by atoms with Crippen molar-refractivity contribution in [3.8, 4) is 0 Å². The number of aryl methyl sites for hydroxylation is 2. The molecule has 0 bridgehead atoms. The van der Waals surface area contributed by atoms with E-state index in [1.165, 1.54) is 30.4 Å². The SMILES string of the molecule is CC[CH]CCc1ccc(C)cc1. The Hall–Kier alpha value is -0.780. The normalized spacial score (nSPS) is 10.2. The van der Waals surface area contributed by atoms with Crippen LogP contribution in [0.25, 0.3) is 0 Å². The average molecular weight is 161 g/mol. The Kier molecular flexibility index (Phi) is 3.86. The highest BCUT2D eigenvalue weighted by Gasteiger charge is 1.91. The van der Waals surface area contributed by atoms with E-state index in [0.29, 0.717) is 0 Å². The molecule has 1 aromatic rings. The summed E-state index contributed by atoms with van der Waals surface area (Å²) in [5.74, 6) is 0. The predicted octanol–water partition coefficient (Wildman–Crippen LogP) is 3.54.